The van der Waals surface area contributed by atoms with E-state index in [-0.39, 0.29) is 0 Å². The maximum absolute atomic E-state index is 5.70. The molecule has 0 aliphatic carbocycles. The van der Waals surface area contributed by atoms with E-state index in [1.807, 2.05) is 29.7 Å². The normalized spacial score (nSPS) is 12.0. The van der Waals surface area contributed by atoms with Crippen molar-refractivity contribution in [3.8, 4) is 0 Å². The second-order valence-corrected chi connectivity index (χ2v) is 6.19. The first-order chi connectivity index (χ1) is 7.53. The van der Waals surface area contributed by atoms with Crippen LogP contribution < -0.4 is 5.73 Å². The van der Waals surface area contributed by atoms with Gasteiger partial charge in [-0.25, -0.2) is 0 Å². The highest BCUT2D eigenvalue weighted by atomic mass is 32.2. The Hall–Kier alpha value is -0.480. The van der Waals surface area contributed by atoms with E-state index in [4.69, 9.17) is 5.73 Å². The molecular weight excluding hydrogens is 218 g/mol. The van der Waals surface area contributed by atoms with Crippen LogP contribution in [-0.4, -0.2) is 22.1 Å². The van der Waals surface area contributed by atoms with Gasteiger partial charge in [-0.2, -0.15) is 5.10 Å². The highest BCUT2D eigenvalue weighted by molar-refractivity contribution is 7.99. The number of thioether (sulfide) groups is 1. The summed E-state index contributed by atoms with van der Waals surface area (Å²) < 4.78 is 1.85. The molecule has 0 saturated carbocycles. The van der Waals surface area contributed by atoms with Gasteiger partial charge in [0.1, 0.15) is 0 Å². The van der Waals surface area contributed by atoms with Crippen LogP contribution in [0.1, 0.15) is 33.1 Å². The fourth-order valence-electron chi connectivity index (χ4n) is 1.47. The number of nitrogens with zero attached hydrogens (tertiary/aromatic N) is 2. The number of aromatic nitrogens is 2. The molecule has 0 saturated heterocycles. The van der Waals surface area contributed by atoms with Crippen molar-refractivity contribution in [2.24, 2.45) is 18.2 Å². The lowest BCUT2D eigenvalue weighted by Crippen LogP contribution is -2.23. The Morgan fingerprint density at radius 3 is 2.75 bits per heavy atom. The number of hydrogen-bond donors (Lipinski definition) is 1. The fraction of sp³-hybridized carbons (Fsp3) is 0.750. The zero-order chi connectivity index (χ0) is 12.0. The van der Waals surface area contributed by atoms with Crippen LogP contribution in [0, 0.1) is 5.41 Å². The number of hydrogen-bond acceptors (Lipinski definition) is 3. The van der Waals surface area contributed by atoms with E-state index < -0.39 is 0 Å². The highest BCUT2D eigenvalue weighted by Crippen LogP contribution is 2.23. The Labute approximate surface area is 103 Å². The van der Waals surface area contributed by atoms with Crippen LogP contribution in [-0.2, 0) is 7.05 Å². The maximum Gasteiger partial charge on any atom is 0.0625 e. The van der Waals surface area contributed by atoms with Gasteiger partial charge in [0, 0.05) is 18.1 Å². The minimum Gasteiger partial charge on any atom is -0.330 e. The van der Waals surface area contributed by atoms with Crippen molar-refractivity contribution in [1.82, 2.24) is 9.78 Å². The van der Waals surface area contributed by atoms with Gasteiger partial charge in [0.2, 0.25) is 0 Å². The van der Waals surface area contributed by atoms with Gasteiger partial charge in [0.25, 0.3) is 0 Å². The second kappa shape index (κ2) is 6.30. The van der Waals surface area contributed by atoms with Crippen molar-refractivity contribution < 1.29 is 0 Å². The number of unbranched alkanes of at least 4 members (excludes halogenated alkanes) is 1. The molecule has 2 N–H and O–H groups in total. The van der Waals surface area contributed by atoms with E-state index in [0.29, 0.717) is 5.41 Å². The van der Waals surface area contributed by atoms with Gasteiger partial charge >= 0.3 is 0 Å². The monoisotopic (exact) mass is 241 g/mol. The maximum atomic E-state index is 5.70. The Balaban J connectivity index is 2.08. The van der Waals surface area contributed by atoms with Gasteiger partial charge in [-0.3, -0.25) is 4.68 Å². The Kier molecular flexibility index (Phi) is 5.35. The van der Waals surface area contributed by atoms with Crippen molar-refractivity contribution in [2.45, 2.75) is 38.0 Å². The molecule has 0 fully saturated rings. The summed E-state index contributed by atoms with van der Waals surface area (Å²) in [5, 5.41) is 4.15. The van der Waals surface area contributed by atoms with E-state index in [2.05, 4.69) is 25.1 Å². The lowest BCUT2D eigenvalue weighted by Gasteiger charge is -2.21. The molecule has 1 aromatic rings. The zero-order valence-electron chi connectivity index (χ0n) is 10.6. The van der Waals surface area contributed by atoms with E-state index in [0.717, 1.165) is 6.54 Å². The van der Waals surface area contributed by atoms with E-state index in [1.54, 1.807) is 0 Å². The summed E-state index contributed by atoms with van der Waals surface area (Å²) in [6, 6.07) is 0. The molecule has 4 heteroatoms. The van der Waals surface area contributed by atoms with Crippen LogP contribution in [0.2, 0.25) is 0 Å². The fourth-order valence-corrected chi connectivity index (χ4v) is 2.40. The van der Waals surface area contributed by atoms with Crippen LogP contribution in [0.25, 0.3) is 0 Å². The number of rotatable bonds is 7. The van der Waals surface area contributed by atoms with Crippen LogP contribution in [0.5, 0.6) is 0 Å². The molecule has 0 radical (unpaired) electrons. The molecule has 3 nitrogen and oxygen atoms in total. The smallest absolute Gasteiger partial charge is 0.0625 e. The topological polar surface area (TPSA) is 43.8 Å². The Morgan fingerprint density at radius 1 is 1.44 bits per heavy atom. The molecule has 0 aliphatic heterocycles. The summed E-state index contributed by atoms with van der Waals surface area (Å²) in [5.41, 5.74) is 6.00. The molecule has 0 bridgehead atoms. The second-order valence-electron chi connectivity index (χ2n) is 5.02. The van der Waals surface area contributed by atoms with Crippen LogP contribution >= 0.6 is 11.8 Å². The predicted octanol–water partition coefficient (Wildman–Crippen LogP) is 2.67. The molecule has 0 aromatic carbocycles. The quantitative estimate of drug-likeness (QED) is 0.589. The third-order valence-electron chi connectivity index (χ3n) is 2.75. The van der Waals surface area contributed by atoms with Crippen molar-refractivity contribution >= 4 is 11.8 Å². The standard InChI is InChI=1S/C12H23N3S/c1-12(2,10-13)6-4-5-7-16-11-8-14-15(3)9-11/h8-9H,4-7,10,13H2,1-3H3. The van der Waals surface area contributed by atoms with Gasteiger partial charge in [-0.1, -0.05) is 20.3 Å². The molecule has 0 atom stereocenters. The first kappa shape index (κ1) is 13.6. The molecule has 0 unspecified atom stereocenters. The van der Waals surface area contributed by atoms with Gasteiger partial charge < -0.3 is 5.73 Å². The largest absolute Gasteiger partial charge is 0.330 e. The average molecular weight is 241 g/mol. The van der Waals surface area contributed by atoms with Crippen LogP contribution in [0.15, 0.2) is 17.3 Å². The van der Waals surface area contributed by atoms with E-state index in [9.17, 15) is 0 Å². The summed E-state index contributed by atoms with van der Waals surface area (Å²) in [6.45, 7) is 5.26. The molecule has 1 aromatic heterocycles. The summed E-state index contributed by atoms with van der Waals surface area (Å²) in [4.78, 5) is 1.26. The van der Waals surface area contributed by atoms with Gasteiger partial charge in [-0.05, 0) is 30.6 Å². The Morgan fingerprint density at radius 2 is 2.19 bits per heavy atom. The highest BCUT2D eigenvalue weighted by Gasteiger charge is 2.14. The van der Waals surface area contributed by atoms with E-state index >= 15 is 0 Å². The lowest BCUT2D eigenvalue weighted by atomic mass is 9.88. The molecular formula is C12H23N3S. The lowest BCUT2D eigenvalue weighted by molar-refractivity contribution is 0.336. The van der Waals surface area contributed by atoms with Crippen molar-refractivity contribution in [3.05, 3.63) is 12.4 Å². The third kappa shape index (κ3) is 5.03. The molecule has 1 rings (SSSR count). The SMILES string of the molecule is Cn1cc(SCCCCC(C)(C)CN)cn1. The minimum absolute atomic E-state index is 0.305. The first-order valence-corrected chi connectivity index (χ1v) is 6.83. The molecule has 0 amide bonds. The molecule has 16 heavy (non-hydrogen) atoms. The third-order valence-corrected chi connectivity index (χ3v) is 3.79. The van der Waals surface area contributed by atoms with Crippen molar-refractivity contribution in [1.29, 1.82) is 0 Å². The number of nitrogens with two attached hydrogens (primary N) is 1. The summed E-state index contributed by atoms with van der Waals surface area (Å²) in [5.74, 6) is 1.17. The molecule has 1 heterocycles. The van der Waals surface area contributed by atoms with E-state index in [1.165, 1.54) is 29.9 Å². The van der Waals surface area contributed by atoms with Gasteiger partial charge in [-0.15, -0.1) is 11.8 Å². The van der Waals surface area contributed by atoms with Gasteiger partial charge in [0.05, 0.1) is 6.20 Å². The predicted molar refractivity (Wildman–Crippen MR) is 70.6 cm³/mol. The first-order valence-electron chi connectivity index (χ1n) is 5.85. The summed E-state index contributed by atoms with van der Waals surface area (Å²) in [6.07, 6.45) is 7.72. The number of aryl methyl sites for hydroxylation is 1. The van der Waals surface area contributed by atoms with Crippen LogP contribution in [0.3, 0.4) is 0 Å². The van der Waals surface area contributed by atoms with Crippen LogP contribution in [0.4, 0.5) is 0 Å². The zero-order valence-corrected chi connectivity index (χ0v) is 11.4. The average Bonchev–Trinajstić information content (AvgIpc) is 2.64. The van der Waals surface area contributed by atoms with Gasteiger partial charge in [0.15, 0.2) is 0 Å². The molecule has 0 spiro atoms. The van der Waals surface area contributed by atoms with Crippen molar-refractivity contribution in [3.63, 3.8) is 0 Å². The summed E-state index contributed by atoms with van der Waals surface area (Å²) in [7, 11) is 1.95. The Bertz CT molecular complexity index is 307. The van der Waals surface area contributed by atoms with Crippen molar-refractivity contribution in [2.75, 3.05) is 12.3 Å². The molecule has 0 aliphatic rings. The molecule has 92 valence electrons. The minimum atomic E-state index is 0.305. The summed E-state index contributed by atoms with van der Waals surface area (Å²) >= 11 is 1.88.